The van der Waals surface area contributed by atoms with Gasteiger partial charge in [-0.1, -0.05) is 47.7 Å². The van der Waals surface area contributed by atoms with Crippen LogP contribution >= 0.6 is 11.3 Å². The Morgan fingerprint density at radius 1 is 1.11 bits per heavy atom. The molecule has 3 aromatic carbocycles. The van der Waals surface area contributed by atoms with Gasteiger partial charge in [-0.2, -0.15) is 18.4 Å². The summed E-state index contributed by atoms with van der Waals surface area (Å²) < 4.78 is 59.6. The molecule has 1 saturated heterocycles. The number of anilines is 1. The summed E-state index contributed by atoms with van der Waals surface area (Å²) in [6.07, 6.45) is -4.82. The molecule has 1 amide bonds. The standard InChI is InChI=1S/C26H20N6O3S2.C2HF3O2/c27-14-16-11-15(9-10-17(16)23-13-24(33)32-37(23,34)35)12-21(25-28-18-5-1-2-6-19(18)29-25)31-26-30-20-7-3-4-8-22(20)36-26;3-2(4,5)1(6)7/h1-11,21,23H,12-13H2,(H,28,29)(H,30,31)(H,32,33);(H,6,7)/t21-,23?;/m0./s1. The summed E-state index contributed by atoms with van der Waals surface area (Å²) in [4.78, 5) is 33.5. The van der Waals surface area contributed by atoms with Gasteiger partial charge in [0.05, 0.1) is 45.3 Å². The predicted molar refractivity (Wildman–Crippen MR) is 155 cm³/mol. The van der Waals surface area contributed by atoms with Crippen LogP contribution in [0, 0.1) is 11.3 Å². The number of thiazole rings is 1. The summed E-state index contributed by atoms with van der Waals surface area (Å²) in [5, 5.41) is 20.1. The molecule has 0 saturated carbocycles. The fourth-order valence-corrected chi connectivity index (χ4v) is 6.98. The summed E-state index contributed by atoms with van der Waals surface area (Å²) in [7, 11) is -3.85. The van der Waals surface area contributed by atoms with Crippen LogP contribution in [0.4, 0.5) is 18.3 Å². The summed E-state index contributed by atoms with van der Waals surface area (Å²) in [6.45, 7) is 0. The van der Waals surface area contributed by atoms with Crippen molar-refractivity contribution >= 4 is 59.6 Å². The second kappa shape index (κ2) is 11.9. The van der Waals surface area contributed by atoms with Crippen LogP contribution in [0.1, 0.15) is 40.2 Å². The number of carbonyl (C=O) groups excluding carboxylic acids is 1. The highest BCUT2D eigenvalue weighted by Crippen LogP contribution is 2.34. The molecule has 3 heterocycles. The van der Waals surface area contributed by atoms with E-state index in [2.05, 4.69) is 16.4 Å². The number of aromatic amines is 1. The van der Waals surface area contributed by atoms with Crippen LogP contribution in [0.2, 0.25) is 0 Å². The molecule has 6 rings (SSSR count). The van der Waals surface area contributed by atoms with E-state index in [1.165, 1.54) is 0 Å². The number of carboxylic acid groups (broad SMARTS) is 1. The summed E-state index contributed by atoms with van der Waals surface area (Å²) in [5.74, 6) is -2.60. The van der Waals surface area contributed by atoms with Crippen LogP contribution in [0.3, 0.4) is 0 Å². The first-order valence-electron chi connectivity index (χ1n) is 12.8. The Bertz CT molecular complexity index is 1970. The smallest absolute Gasteiger partial charge is 0.475 e. The molecule has 0 bridgehead atoms. The maximum absolute atomic E-state index is 12.4. The number of H-pyrrole nitrogens is 1. The average Bonchev–Trinajstić information content (AvgIpc) is 3.66. The van der Waals surface area contributed by atoms with E-state index in [1.54, 1.807) is 29.5 Å². The third kappa shape index (κ3) is 6.63. The number of carbonyl (C=O) groups is 2. The number of para-hydroxylation sites is 3. The number of nitrogens with one attached hydrogen (secondary N) is 3. The molecule has 1 fully saturated rings. The molecule has 0 aliphatic carbocycles. The van der Waals surface area contributed by atoms with E-state index in [0.29, 0.717) is 12.0 Å². The van der Waals surface area contributed by atoms with E-state index in [1.807, 2.05) is 53.3 Å². The lowest BCUT2D eigenvalue weighted by molar-refractivity contribution is -0.192. The van der Waals surface area contributed by atoms with Gasteiger partial charge in [0.25, 0.3) is 0 Å². The number of halogens is 3. The van der Waals surface area contributed by atoms with Crippen LogP contribution in [-0.2, 0) is 26.0 Å². The number of carboxylic acids is 1. The third-order valence-corrected chi connectivity index (χ3v) is 9.25. The van der Waals surface area contributed by atoms with Crippen molar-refractivity contribution in [2.75, 3.05) is 5.32 Å². The lowest BCUT2D eigenvalue weighted by Crippen LogP contribution is -2.22. The number of hydrogen-bond acceptors (Lipinski definition) is 9. The summed E-state index contributed by atoms with van der Waals surface area (Å²) >= 11 is 1.54. The molecule has 4 N–H and O–H groups in total. The average molecular weight is 643 g/mol. The number of amides is 1. The zero-order chi connectivity index (χ0) is 31.6. The normalized spacial score (nSPS) is 16.5. The largest absolute Gasteiger partial charge is 0.490 e. The van der Waals surface area contributed by atoms with Crippen molar-refractivity contribution in [1.29, 1.82) is 5.26 Å². The number of rotatable bonds is 6. The highest BCUT2D eigenvalue weighted by Gasteiger charge is 2.39. The first-order valence-corrected chi connectivity index (χ1v) is 15.1. The summed E-state index contributed by atoms with van der Waals surface area (Å²) in [5.41, 5.74) is 4.01. The molecule has 1 unspecified atom stereocenters. The molecule has 2 aromatic heterocycles. The van der Waals surface area contributed by atoms with Crippen LogP contribution < -0.4 is 10.0 Å². The van der Waals surface area contributed by atoms with E-state index < -0.39 is 33.3 Å². The number of nitriles is 1. The molecule has 44 heavy (non-hydrogen) atoms. The Kier molecular flexibility index (Phi) is 8.26. The lowest BCUT2D eigenvalue weighted by Gasteiger charge is -2.17. The Morgan fingerprint density at radius 2 is 1.80 bits per heavy atom. The van der Waals surface area contributed by atoms with Gasteiger partial charge in [0.2, 0.25) is 15.9 Å². The molecule has 226 valence electrons. The maximum Gasteiger partial charge on any atom is 0.490 e. The van der Waals surface area contributed by atoms with Gasteiger partial charge in [0.15, 0.2) is 5.13 Å². The minimum atomic E-state index is -5.08. The number of aromatic nitrogens is 3. The molecule has 1 aliphatic heterocycles. The summed E-state index contributed by atoms with van der Waals surface area (Å²) in [6, 6.07) is 22.6. The Hall–Kier alpha value is -5.01. The minimum absolute atomic E-state index is 0.197. The van der Waals surface area contributed by atoms with Crippen LogP contribution in [0.25, 0.3) is 21.3 Å². The van der Waals surface area contributed by atoms with E-state index >= 15 is 0 Å². The van der Waals surface area contributed by atoms with Gasteiger partial charge in [-0.25, -0.2) is 23.2 Å². The lowest BCUT2D eigenvalue weighted by atomic mass is 9.97. The zero-order valence-electron chi connectivity index (χ0n) is 22.3. The monoisotopic (exact) mass is 642 g/mol. The first-order chi connectivity index (χ1) is 20.8. The van der Waals surface area contributed by atoms with Gasteiger partial charge in [-0.15, -0.1) is 0 Å². The quantitative estimate of drug-likeness (QED) is 0.199. The topological polar surface area (TPSA) is 178 Å². The number of sulfonamides is 1. The number of alkyl halides is 3. The van der Waals surface area contributed by atoms with Crippen molar-refractivity contribution in [2.45, 2.75) is 30.3 Å². The number of benzene rings is 3. The fraction of sp³-hybridized carbons (Fsp3) is 0.179. The minimum Gasteiger partial charge on any atom is -0.475 e. The van der Waals surface area contributed by atoms with Gasteiger partial charge >= 0.3 is 12.1 Å². The van der Waals surface area contributed by atoms with Gasteiger partial charge in [0.1, 0.15) is 11.1 Å². The van der Waals surface area contributed by atoms with Crippen molar-refractivity contribution < 1.29 is 36.3 Å². The van der Waals surface area contributed by atoms with Crippen molar-refractivity contribution in [2.24, 2.45) is 0 Å². The van der Waals surface area contributed by atoms with Gasteiger partial charge in [0, 0.05) is 0 Å². The molecule has 16 heteroatoms. The van der Waals surface area contributed by atoms with Gasteiger partial charge < -0.3 is 15.4 Å². The van der Waals surface area contributed by atoms with E-state index in [4.69, 9.17) is 19.9 Å². The SMILES string of the molecule is N#Cc1cc(C[C@H](Nc2nc3ccccc3s2)c2nc3ccccc3[nH]2)ccc1C1CC(=O)NS1(=O)=O.O=C(O)C(F)(F)F. The number of fused-ring (bicyclic) bond motifs is 2. The highest BCUT2D eigenvalue weighted by atomic mass is 32.2. The molecule has 1 aliphatic rings. The third-order valence-electron chi connectivity index (χ3n) is 6.60. The van der Waals surface area contributed by atoms with Gasteiger partial charge in [-0.05, 0) is 47.9 Å². The molecule has 2 atom stereocenters. The van der Waals surface area contributed by atoms with Crippen LogP contribution in [-0.4, -0.2) is 46.5 Å². The van der Waals surface area contributed by atoms with Crippen molar-refractivity contribution in [3.05, 3.63) is 89.2 Å². The van der Waals surface area contributed by atoms with Crippen LogP contribution in [0.15, 0.2) is 66.7 Å². The molecular weight excluding hydrogens is 621 g/mol. The second-order valence-corrected chi connectivity index (χ2v) is 12.5. The fourth-order valence-electron chi connectivity index (χ4n) is 4.61. The molecule has 0 spiro atoms. The van der Waals surface area contributed by atoms with Gasteiger partial charge in [-0.3, -0.25) is 9.52 Å². The molecule has 11 nitrogen and oxygen atoms in total. The number of imidazole rings is 1. The Labute approximate surface area is 251 Å². The predicted octanol–water partition coefficient (Wildman–Crippen LogP) is 4.96. The zero-order valence-corrected chi connectivity index (χ0v) is 23.9. The molecule has 0 radical (unpaired) electrons. The number of nitrogens with zero attached hydrogens (tertiary/aromatic N) is 3. The molecule has 5 aromatic rings. The maximum atomic E-state index is 12.4. The number of hydrogen-bond donors (Lipinski definition) is 4. The van der Waals surface area contributed by atoms with Crippen molar-refractivity contribution in [3.8, 4) is 6.07 Å². The van der Waals surface area contributed by atoms with Crippen LogP contribution in [0.5, 0.6) is 0 Å². The highest BCUT2D eigenvalue weighted by molar-refractivity contribution is 7.90. The van der Waals surface area contributed by atoms with E-state index in [9.17, 15) is 31.6 Å². The second-order valence-electron chi connectivity index (χ2n) is 9.63. The number of aliphatic carboxylic acids is 1. The Morgan fingerprint density at radius 3 is 2.41 bits per heavy atom. The molecular formula is C28H21F3N6O5S2. The van der Waals surface area contributed by atoms with E-state index in [-0.39, 0.29) is 18.0 Å². The van der Waals surface area contributed by atoms with Crippen molar-refractivity contribution in [1.82, 2.24) is 19.7 Å². The van der Waals surface area contributed by atoms with Crippen molar-refractivity contribution in [3.63, 3.8) is 0 Å². The Balaban J connectivity index is 0.000000493. The van der Waals surface area contributed by atoms with E-state index in [0.717, 1.165) is 37.8 Å². The first kappa shape index (κ1) is 30.4.